The monoisotopic (exact) mass is 283 g/mol. The van der Waals surface area contributed by atoms with Crippen molar-refractivity contribution in [2.75, 3.05) is 6.54 Å². The van der Waals surface area contributed by atoms with Gasteiger partial charge in [-0.25, -0.2) is 4.98 Å². The summed E-state index contributed by atoms with van der Waals surface area (Å²) >= 11 is 0. The molecular formula is C16H17N3O2. The van der Waals surface area contributed by atoms with E-state index in [1.807, 2.05) is 24.3 Å². The molecule has 0 bridgehead atoms. The molecule has 5 nitrogen and oxygen atoms in total. The summed E-state index contributed by atoms with van der Waals surface area (Å²) in [5, 5.41) is 0. The third-order valence-corrected chi connectivity index (χ3v) is 3.71. The van der Waals surface area contributed by atoms with E-state index in [-0.39, 0.29) is 11.6 Å². The highest BCUT2D eigenvalue weighted by molar-refractivity contribution is 6.15. The van der Waals surface area contributed by atoms with Crippen LogP contribution >= 0.6 is 0 Å². The predicted molar refractivity (Wildman–Crippen MR) is 80.5 cm³/mol. The summed E-state index contributed by atoms with van der Waals surface area (Å²) in [6.07, 6.45) is 3.85. The maximum Gasteiger partial charge on any atom is 0.148 e. The van der Waals surface area contributed by atoms with E-state index in [1.54, 1.807) is 0 Å². The van der Waals surface area contributed by atoms with Crippen molar-refractivity contribution in [2.45, 2.75) is 25.7 Å². The number of aromatic nitrogens is 2. The van der Waals surface area contributed by atoms with Crippen molar-refractivity contribution >= 4 is 28.8 Å². The minimum absolute atomic E-state index is 0.00117. The summed E-state index contributed by atoms with van der Waals surface area (Å²) in [6.45, 7) is 0.525. The first kappa shape index (κ1) is 13.7. The molecule has 1 aromatic heterocycles. The van der Waals surface area contributed by atoms with Crippen molar-refractivity contribution in [3.63, 3.8) is 0 Å². The summed E-state index contributed by atoms with van der Waals surface area (Å²) in [5.74, 6) is 0.251. The molecule has 0 radical (unpaired) electrons. The van der Waals surface area contributed by atoms with Gasteiger partial charge in [0.2, 0.25) is 0 Å². The van der Waals surface area contributed by atoms with Gasteiger partial charge in [0.05, 0.1) is 11.0 Å². The summed E-state index contributed by atoms with van der Waals surface area (Å²) in [5.41, 5.74) is 1.95. The molecule has 108 valence electrons. The van der Waals surface area contributed by atoms with E-state index < -0.39 is 5.92 Å². The van der Waals surface area contributed by atoms with Crippen LogP contribution < -0.4 is 0 Å². The van der Waals surface area contributed by atoms with Gasteiger partial charge in [-0.2, -0.15) is 0 Å². The molecule has 0 saturated heterocycles. The van der Waals surface area contributed by atoms with Gasteiger partial charge in [0, 0.05) is 32.0 Å². The number of aromatic amines is 1. The van der Waals surface area contributed by atoms with Crippen LogP contribution in [0.3, 0.4) is 0 Å². The lowest BCUT2D eigenvalue weighted by atomic mass is 9.88. The van der Waals surface area contributed by atoms with Crippen LogP contribution in [0.15, 0.2) is 29.3 Å². The van der Waals surface area contributed by atoms with Crippen LogP contribution in [-0.4, -0.2) is 34.3 Å². The van der Waals surface area contributed by atoms with Crippen LogP contribution in [0.1, 0.15) is 25.1 Å². The molecule has 1 aliphatic rings. The summed E-state index contributed by atoms with van der Waals surface area (Å²) in [7, 11) is 0. The van der Waals surface area contributed by atoms with Gasteiger partial charge in [-0.3, -0.25) is 14.6 Å². The number of benzene rings is 1. The van der Waals surface area contributed by atoms with E-state index in [4.69, 9.17) is 0 Å². The van der Waals surface area contributed by atoms with Gasteiger partial charge in [-0.05, 0) is 18.6 Å². The van der Waals surface area contributed by atoms with Gasteiger partial charge in [0.1, 0.15) is 23.3 Å². The van der Waals surface area contributed by atoms with E-state index in [9.17, 15) is 9.59 Å². The van der Waals surface area contributed by atoms with E-state index in [1.165, 1.54) is 6.21 Å². The number of carbonyl (C=O) groups excluding carboxylic acids is 2. The van der Waals surface area contributed by atoms with Crippen molar-refractivity contribution < 1.29 is 9.59 Å². The number of Topliss-reactive ketones (excluding diaryl/α,β-unsaturated/α-hetero) is 2. The SMILES string of the molecule is O=C1CCCC(=O)C1C=NCCc1nc2ccccc2[nH]1. The molecule has 0 atom stereocenters. The smallest absolute Gasteiger partial charge is 0.148 e. The molecule has 2 aromatic rings. The Balaban J connectivity index is 1.59. The molecule has 0 aliphatic heterocycles. The third-order valence-electron chi connectivity index (χ3n) is 3.71. The number of carbonyl (C=O) groups is 2. The fourth-order valence-electron chi connectivity index (χ4n) is 2.57. The second-order valence-electron chi connectivity index (χ2n) is 5.27. The molecule has 1 N–H and O–H groups in total. The van der Waals surface area contributed by atoms with Gasteiger partial charge in [0.15, 0.2) is 0 Å². The zero-order valence-corrected chi connectivity index (χ0v) is 11.7. The number of nitrogens with zero attached hydrogens (tertiary/aromatic N) is 2. The van der Waals surface area contributed by atoms with Gasteiger partial charge >= 0.3 is 0 Å². The molecule has 0 unspecified atom stereocenters. The van der Waals surface area contributed by atoms with Crippen LogP contribution in [0.4, 0.5) is 0 Å². The molecule has 1 saturated carbocycles. The van der Waals surface area contributed by atoms with E-state index in [0.29, 0.717) is 32.2 Å². The summed E-state index contributed by atoms with van der Waals surface area (Å²) in [4.78, 5) is 35.2. The molecule has 0 amide bonds. The van der Waals surface area contributed by atoms with Gasteiger partial charge in [-0.15, -0.1) is 0 Å². The largest absolute Gasteiger partial charge is 0.342 e. The van der Waals surface area contributed by atoms with Crippen molar-refractivity contribution in [2.24, 2.45) is 10.9 Å². The number of imidazole rings is 1. The lowest BCUT2D eigenvalue weighted by Gasteiger charge is -2.14. The average molecular weight is 283 g/mol. The maximum absolute atomic E-state index is 11.7. The van der Waals surface area contributed by atoms with E-state index in [0.717, 1.165) is 16.9 Å². The Bertz CT molecular complexity index is 653. The van der Waals surface area contributed by atoms with Gasteiger partial charge in [0.25, 0.3) is 0 Å². The normalized spacial score (nSPS) is 17.1. The predicted octanol–water partition coefficient (Wildman–Crippen LogP) is 2.11. The molecule has 21 heavy (non-hydrogen) atoms. The van der Waals surface area contributed by atoms with Crippen molar-refractivity contribution in [3.05, 3.63) is 30.1 Å². The molecule has 1 fully saturated rings. The topological polar surface area (TPSA) is 75.2 Å². The molecule has 3 rings (SSSR count). The molecule has 1 heterocycles. The number of H-pyrrole nitrogens is 1. The van der Waals surface area contributed by atoms with Crippen LogP contribution in [0.25, 0.3) is 11.0 Å². The first-order valence-electron chi connectivity index (χ1n) is 7.23. The Labute approximate surface area is 122 Å². The fourth-order valence-corrected chi connectivity index (χ4v) is 2.57. The Kier molecular flexibility index (Phi) is 3.90. The van der Waals surface area contributed by atoms with Crippen molar-refractivity contribution in [1.82, 2.24) is 9.97 Å². The Morgan fingerprint density at radius 1 is 1.24 bits per heavy atom. The number of hydrogen-bond donors (Lipinski definition) is 1. The quantitative estimate of drug-likeness (QED) is 0.689. The fraction of sp³-hybridized carbons (Fsp3) is 0.375. The third kappa shape index (κ3) is 3.07. The highest BCUT2D eigenvalue weighted by Gasteiger charge is 2.27. The lowest BCUT2D eigenvalue weighted by molar-refractivity contribution is -0.132. The highest BCUT2D eigenvalue weighted by Crippen LogP contribution is 2.16. The first-order valence-corrected chi connectivity index (χ1v) is 7.23. The number of fused-ring (bicyclic) bond motifs is 1. The number of para-hydroxylation sites is 2. The van der Waals surface area contributed by atoms with Crippen LogP contribution in [0.2, 0.25) is 0 Å². The molecule has 5 heteroatoms. The van der Waals surface area contributed by atoms with Gasteiger partial charge in [-0.1, -0.05) is 12.1 Å². The molecule has 1 aliphatic carbocycles. The average Bonchev–Trinajstić information content (AvgIpc) is 2.88. The van der Waals surface area contributed by atoms with Crippen molar-refractivity contribution in [3.8, 4) is 0 Å². The van der Waals surface area contributed by atoms with Crippen LogP contribution in [0.5, 0.6) is 0 Å². The van der Waals surface area contributed by atoms with Crippen LogP contribution in [-0.2, 0) is 16.0 Å². The van der Waals surface area contributed by atoms with Crippen LogP contribution in [0, 0.1) is 5.92 Å². The number of hydrogen-bond acceptors (Lipinski definition) is 4. The number of ketones is 2. The Morgan fingerprint density at radius 2 is 2.00 bits per heavy atom. The zero-order valence-electron chi connectivity index (χ0n) is 11.7. The van der Waals surface area contributed by atoms with Crippen molar-refractivity contribution in [1.29, 1.82) is 0 Å². The summed E-state index contributed by atoms with van der Waals surface area (Å²) < 4.78 is 0. The second kappa shape index (κ2) is 5.99. The standard InChI is InChI=1S/C16H17N3O2/c20-14-6-3-7-15(21)11(14)10-17-9-8-16-18-12-4-1-2-5-13(12)19-16/h1-2,4-5,10-11H,3,6-9H2,(H,18,19). The maximum atomic E-state index is 11.7. The molecule has 1 aromatic carbocycles. The van der Waals surface area contributed by atoms with Gasteiger partial charge < -0.3 is 4.98 Å². The lowest BCUT2D eigenvalue weighted by Crippen LogP contribution is -2.29. The molecule has 0 spiro atoms. The van der Waals surface area contributed by atoms with E-state index in [2.05, 4.69) is 15.0 Å². The number of rotatable bonds is 4. The number of nitrogens with one attached hydrogen (secondary N) is 1. The highest BCUT2D eigenvalue weighted by atomic mass is 16.2. The number of aliphatic imine (C=N–C) groups is 1. The first-order chi connectivity index (χ1) is 10.2. The van der Waals surface area contributed by atoms with E-state index >= 15 is 0 Å². The minimum Gasteiger partial charge on any atom is -0.342 e. The second-order valence-corrected chi connectivity index (χ2v) is 5.27. The Morgan fingerprint density at radius 3 is 2.76 bits per heavy atom. The summed E-state index contributed by atoms with van der Waals surface area (Å²) in [6, 6.07) is 7.85. The Hall–Kier alpha value is -2.30. The zero-order chi connectivity index (χ0) is 14.7. The minimum atomic E-state index is -0.616. The molecular weight excluding hydrogens is 266 g/mol.